The molecule has 0 saturated heterocycles. The van der Waals surface area contributed by atoms with E-state index in [4.69, 9.17) is 9.47 Å². The molecular formula is C12H24O2. The molecule has 0 spiro atoms. The fraction of sp³-hybridized carbons (Fsp3) is 0.833. The van der Waals surface area contributed by atoms with E-state index in [2.05, 4.69) is 6.58 Å². The van der Waals surface area contributed by atoms with Gasteiger partial charge in [-0.15, -0.1) is 0 Å². The van der Waals surface area contributed by atoms with Crippen LogP contribution in [0.4, 0.5) is 0 Å². The van der Waals surface area contributed by atoms with Gasteiger partial charge in [0.2, 0.25) is 0 Å². The molecule has 0 aliphatic rings. The standard InChI is InChI=1S/C12H24O2/c1-10(2)13-8-6-12(5)7-9-14-11(3)4/h10-11H,5-9H2,1-4H3. The topological polar surface area (TPSA) is 18.5 Å². The van der Waals surface area contributed by atoms with E-state index in [0.717, 1.165) is 26.1 Å². The highest BCUT2D eigenvalue weighted by Crippen LogP contribution is 2.06. The molecule has 84 valence electrons. The highest BCUT2D eigenvalue weighted by atomic mass is 16.5. The van der Waals surface area contributed by atoms with Crippen LogP contribution in [0.3, 0.4) is 0 Å². The Morgan fingerprint density at radius 2 is 1.29 bits per heavy atom. The van der Waals surface area contributed by atoms with Crippen LogP contribution >= 0.6 is 0 Å². The van der Waals surface area contributed by atoms with E-state index in [-0.39, 0.29) is 0 Å². The van der Waals surface area contributed by atoms with Crippen molar-refractivity contribution in [3.63, 3.8) is 0 Å². The summed E-state index contributed by atoms with van der Waals surface area (Å²) in [4.78, 5) is 0. The van der Waals surface area contributed by atoms with Gasteiger partial charge in [0.15, 0.2) is 0 Å². The van der Waals surface area contributed by atoms with E-state index in [1.807, 2.05) is 27.7 Å². The number of ether oxygens (including phenoxy) is 2. The first-order valence-electron chi connectivity index (χ1n) is 5.42. The zero-order chi connectivity index (χ0) is 11.0. The van der Waals surface area contributed by atoms with Crippen molar-refractivity contribution in [2.24, 2.45) is 0 Å². The van der Waals surface area contributed by atoms with Gasteiger partial charge in [-0.05, 0) is 40.5 Å². The second-order valence-corrected chi connectivity index (χ2v) is 4.09. The summed E-state index contributed by atoms with van der Waals surface area (Å²) in [5, 5.41) is 0. The van der Waals surface area contributed by atoms with Gasteiger partial charge in [-0.3, -0.25) is 0 Å². The molecule has 0 bridgehead atoms. The summed E-state index contributed by atoms with van der Waals surface area (Å²) >= 11 is 0. The summed E-state index contributed by atoms with van der Waals surface area (Å²) in [5.74, 6) is 0. The quantitative estimate of drug-likeness (QED) is 0.560. The Morgan fingerprint density at radius 1 is 0.929 bits per heavy atom. The number of hydrogen-bond acceptors (Lipinski definition) is 2. The van der Waals surface area contributed by atoms with Crippen molar-refractivity contribution in [2.75, 3.05) is 13.2 Å². The van der Waals surface area contributed by atoms with Gasteiger partial charge in [0, 0.05) is 0 Å². The molecule has 2 heteroatoms. The molecule has 2 nitrogen and oxygen atoms in total. The molecule has 0 aliphatic heterocycles. The number of rotatable bonds is 8. The predicted octanol–water partition coefficient (Wildman–Crippen LogP) is 3.17. The monoisotopic (exact) mass is 200 g/mol. The normalized spacial score (nSPS) is 11.3. The zero-order valence-corrected chi connectivity index (χ0v) is 10.0. The molecule has 14 heavy (non-hydrogen) atoms. The first kappa shape index (κ1) is 13.7. The Kier molecular flexibility index (Phi) is 7.81. The van der Waals surface area contributed by atoms with Crippen LogP contribution in [0.5, 0.6) is 0 Å². The van der Waals surface area contributed by atoms with Crippen molar-refractivity contribution >= 4 is 0 Å². The SMILES string of the molecule is C=C(CCOC(C)C)CCOC(C)C. The van der Waals surface area contributed by atoms with Gasteiger partial charge in [-0.2, -0.15) is 0 Å². The van der Waals surface area contributed by atoms with Crippen LogP contribution in [0.25, 0.3) is 0 Å². The first-order chi connectivity index (χ1) is 6.52. The van der Waals surface area contributed by atoms with E-state index >= 15 is 0 Å². The summed E-state index contributed by atoms with van der Waals surface area (Å²) in [6, 6.07) is 0. The highest BCUT2D eigenvalue weighted by molar-refractivity contribution is 4.93. The van der Waals surface area contributed by atoms with Crippen molar-refractivity contribution in [3.8, 4) is 0 Å². The van der Waals surface area contributed by atoms with E-state index in [9.17, 15) is 0 Å². The average Bonchev–Trinajstić information content (AvgIpc) is 2.02. The lowest BCUT2D eigenvalue weighted by atomic mass is 10.1. The molecule has 0 aromatic carbocycles. The molecule has 0 fully saturated rings. The Balaban J connectivity index is 3.28. The molecule has 0 aliphatic carbocycles. The fourth-order valence-corrected chi connectivity index (χ4v) is 1.00. The first-order valence-corrected chi connectivity index (χ1v) is 5.42. The van der Waals surface area contributed by atoms with Gasteiger partial charge in [0.25, 0.3) is 0 Å². The molecule has 0 amide bonds. The third-order valence-corrected chi connectivity index (χ3v) is 1.81. The van der Waals surface area contributed by atoms with Gasteiger partial charge in [-0.1, -0.05) is 12.2 Å². The maximum Gasteiger partial charge on any atom is 0.0519 e. The van der Waals surface area contributed by atoms with Crippen LogP contribution < -0.4 is 0 Å². The molecule has 0 atom stereocenters. The van der Waals surface area contributed by atoms with Gasteiger partial charge in [0.05, 0.1) is 25.4 Å². The largest absolute Gasteiger partial charge is 0.378 e. The molecule has 0 heterocycles. The third kappa shape index (κ3) is 9.75. The minimum atomic E-state index is 0.315. The van der Waals surface area contributed by atoms with Crippen molar-refractivity contribution in [2.45, 2.75) is 52.7 Å². The molecule has 0 N–H and O–H groups in total. The van der Waals surface area contributed by atoms with Crippen LogP contribution in [-0.4, -0.2) is 25.4 Å². The lowest BCUT2D eigenvalue weighted by Gasteiger charge is -2.10. The molecule has 0 rings (SSSR count). The van der Waals surface area contributed by atoms with E-state index in [0.29, 0.717) is 12.2 Å². The predicted molar refractivity (Wildman–Crippen MR) is 60.6 cm³/mol. The maximum absolute atomic E-state index is 5.44. The average molecular weight is 200 g/mol. The van der Waals surface area contributed by atoms with Gasteiger partial charge >= 0.3 is 0 Å². The lowest BCUT2D eigenvalue weighted by Crippen LogP contribution is -2.07. The Morgan fingerprint density at radius 3 is 1.57 bits per heavy atom. The van der Waals surface area contributed by atoms with Crippen molar-refractivity contribution in [3.05, 3.63) is 12.2 Å². The molecule has 0 unspecified atom stereocenters. The van der Waals surface area contributed by atoms with E-state index < -0.39 is 0 Å². The van der Waals surface area contributed by atoms with Gasteiger partial charge < -0.3 is 9.47 Å². The third-order valence-electron chi connectivity index (χ3n) is 1.81. The van der Waals surface area contributed by atoms with E-state index in [1.165, 1.54) is 5.57 Å². The van der Waals surface area contributed by atoms with Crippen LogP contribution in [0.1, 0.15) is 40.5 Å². The second kappa shape index (κ2) is 8.01. The molecular weight excluding hydrogens is 176 g/mol. The Hall–Kier alpha value is -0.340. The number of hydrogen-bond donors (Lipinski definition) is 0. The minimum Gasteiger partial charge on any atom is -0.378 e. The molecule has 0 saturated carbocycles. The Bertz CT molecular complexity index is 134. The van der Waals surface area contributed by atoms with Gasteiger partial charge in [0.1, 0.15) is 0 Å². The summed E-state index contributed by atoms with van der Waals surface area (Å²) in [6.45, 7) is 13.7. The smallest absolute Gasteiger partial charge is 0.0519 e. The van der Waals surface area contributed by atoms with Crippen LogP contribution in [-0.2, 0) is 9.47 Å². The fourth-order valence-electron chi connectivity index (χ4n) is 1.00. The van der Waals surface area contributed by atoms with Crippen LogP contribution in [0.15, 0.2) is 12.2 Å². The highest BCUT2D eigenvalue weighted by Gasteiger charge is 1.98. The Labute approximate surface area is 88.3 Å². The van der Waals surface area contributed by atoms with Crippen LogP contribution in [0, 0.1) is 0 Å². The van der Waals surface area contributed by atoms with Crippen molar-refractivity contribution in [1.29, 1.82) is 0 Å². The van der Waals surface area contributed by atoms with Crippen molar-refractivity contribution < 1.29 is 9.47 Å². The van der Waals surface area contributed by atoms with E-state index in [1.54, 1.807) is 0 Å². The summed E-state index contributed by atoms with van der Waals surface area (Å²) in [7, 11) is 0. The lowest BCUT2D eigenvalue weighted by molar-refractivity contribution is 0.0729. The molecule has 0 aromatic heterocycles. The maximum atomic E-state index is 5.44. The minimum absolute atomic E-state index is 0.315. The summed E-state index contributed by atoms with van der Waals surface area (Å²) in [6.07, 6.45) is 2.52. The molecule has 0 aromatic rings. The second-order valence-electron chi connectivity index (χ2n) is 4.09. The van der Waals surface area contributed by atoms with Crippen LogP contribution in [0.2, 0.25) is 0 Å². The molecule has 0 radical (unpaired) electrons. The van der Waals surface area contributed by atoms with Gasteiger partial charge in [-0.25, -0.2) is 0 Å². The summed E-state index contributed by atoms with van der Waals surface area (Å²) < 4.78 is 10.9. The zero-order valence-electron chi connectivity index (χ0n) is 10.0. The summed E-state index contributed by atoms with van der Waals surface area (Å²) in [5.41, 5.74) is 1.21. The van der Waals surface area contributed by atoms with Crippen molar-refractivity contribution in [1.82, 2.24) is 0 Å².